The van der Waals surface area contributed by atoms with Crippen LogP contribution in [0.5, 0.6) is 0 Å². The molecule has 2 saturated heterocycles. The quantitative estimate of drug-likeness (QED) is 0.739. The minimum Gasteiger partial charge on any atom is -0.369 e. The topological polar surface area (TPSA) is 66.6 Å². The molecule has 2 aliphatic rings. The number of rotatable bonds is 4. The first kappa shape index (κ1) is 12.4. The van der Waals surface area contributed by atoms with Gasteiger partial charge in [-0.1, -0.05) is 0 Å². The second kappa shape index (κ2) is 5.04. The van der Waals surface area contributed by atoms with E-state index in [1.165, 1.54) is 12.8 Å². The van der Waals surface area contributed by atoms with E-state index in [4.69, 9.17) is 5.73 Å². The van der Waals surface area contributed by atoms with Crippen LogP contribution in [0.15, 0.2) is 0 Å². The number of primary amides is 1. The Bertz CT molecular complexity index is 319. The smallest absolute Gasteiger partial charge is 0.223 e. The van der Waals surface area contributed by atoms with Gasteiger partial charge in [-0.15, -0.1) is 0 Å². The van der Waals surface area contributed by atoms with Gasteiger partial charge in [-0.2, -0.15) is 0 Å². The maximum Gasteiger partial charge on any atom is 0.223 e. The molecular weight excluding hydrogens is 218 g/mol. The van der Waals surface area contributed by atoms with Gasteiger partial charge in [0, 0.05) is 25.6 Å². The Morgan fingerprint density at radius 2 is 2.29 bits per heavy atom. The molecule has 2 atom stereocenters. The lowest BCUT2D eigenvalue weighted by atomic mass is 10.1. The summed E-state index contributed by atoms with van der Waals surface area (Å²) in [5, 5.41) is 0. The molecule has 17 heavy (non-hydrogen) atoms. The van der Waals surface area contributed by atoms with E-state index in [-0.39, 0.29) is 17.7 Å². The third kappa shape index (κ3) is 2.77. The van der Waals surface area contributed by atoms with Crippen LogP contribution in [0.25, 0.3) is 0 Å². The van der Waals surface area contributed by atoms with Gasteiger partial charge in [-0.25, -0.2) is 0 Å². The summed E-state index contributed by atoms with van der Waals surface area (Å²) in [4.78, 5) is 26.9. The van der Waals surface area contributed by atoms with E-state index < -0.39 is 0 Å². The van der Waals surface area contributed by atoms with Crippen LogP contribution in [0.3, 0.4) is 0 Å². The van der Waals surface area contributed by atoms with Gasteiger partial charge in [0.25, 0.3) is 0 Å². The van der Waals surface area contributed by atoms with Crippen LogP contribution in [0.4, 0.5) is 0 Å². The zero-order valence-corrected chi connectivity index (χ0v) is 10.4. The summed E-state index contributed by atoms with van der Waals surface area (Å²) in [7, 11) is 2.13. The predicted octanol–water partition coefficient (Wildman–Crippen LogP) is -0.195. The third-order valence-corrected chi connectivity index (χ3v) is 4.02. The summed E-state index contributed by atoms with van der Waals surface area (Å²) in [5.41, 5.74) is 5.24. The minimum absolute atomic E-state index is 0.0782. The van der Waals surface area contributed by atoms with E-state index in [1.54, 1.807) is 4.90 Å². The average molecular weight is 239 g/mol. The number of likely N-dealkylation sites (tertiary alicyclic amines) is 2. The maximum absolute atomic E-state index is 11.7. The van der Waals surface area contributed by atoms with Crippen LogP contribution < -0.4 is 5.73 Å². The molecule has 5 heteroatoms. The number of nitrogens with zero attached hydrogens (tertiary/aromatic N) is 2. The van der Waals surface area contributed by atoms with Gasteiger partial charge in [0.1, 0.15) is 0 Å². The molecule has 2 unspecified atom stereocenters. The van der Waals surface area contributed by atoms with Gasteiger partial charge in [-0.3, -0.25) is 9.59 Å². The van der Waals surface area contributed by atoms with Crippen molar-refractivity contribution < 1.29 is 9.59 Å². The van der Waals surface area contributed by atoms with Crippen molar-refractivity contribution >= 4 is 11.8 Å². The fraction of sp³-hybridized carbons (Fsp3) is 0.833. The van der Waals surface area contributed by atoms with Crippen LogP contribution in [0.1, 0.15) is 25.7 Å². The van der Waals surface area contributed by atoms with E-state index in [2.05, 4.69) is 11.9 Å². The molecule has 2 amide bonds. The first-order valence-electron chi connectivity index (χ1n) is 6.35. The highest BCUT2D eigenvalue weighted by Gasteiger charge is 2.33. The van der Waals surface area contributed by atoms with Gasteiger partial charge in [0.05, 0.1) is 5.92 Å². The van der Waals surface area contributed by atoms with E-state index in [9.17, 15) is 9.59 Å². The molecule has 0 spiro atoms. The summed E-state index contributed by atoms with van der Waals surface area (Å²) >= 11 is 0. The van der Waals surface area contributed by atoms with E-state index >= 15 is 0 Å². The second-order valence-electron chi connectivity index (χ2n) is 5.21. The van der Waals surface area contributed by atoms with Crippen molar-refractivity contribution in [2.75, 3.05) is 26.7 Å². The number of hydrogen-bond acceptors (Lipinski definition) is 3. The Kier molecular flexibility index (Phi) is 3.66. The number of carbonyl (C=O) groups is 2. The highest BCUT2D eigenvalue weighted by molar-refractivity contribution is 5.88. The molecule has 2 aliphatic heterocycles. The Morgan fingerprint density at radius 1 is 1.53 bits per heavy atom. The van der Waals surface area contributed by atoms with Crippen molar-refractivity contribution in [3.8, 4) is 0 Å². The summed E-state index contributed by atoms with van der Waals surface area (Å²) in [6.45, 7) is 2.44. The number of amides is 2. The Morgan fingerprint density at radius 3 is 2.82 bits per heavy atom. The summed E-state index contributed by atoms with van der Waals surface area (Å²) in [5.74, 6) is -0.544. The lowest BCUT2D eigenvalue weighted by Gasteiger charge is -2.23. The maximum atomic E-state index is 11.7. The first-order valence-corrected chi connectivity index (χ1v) is 6.35. The molecule has 0 aliphatic carbocycles. The van der Waals surface area contributed by atoms with Gasteiger partial charge < -0.3 is 15.5 Å². The zero-order valence-electron chi connectivity index (χ0n) is 10.4. The lowest BCUT2D eigenvalue weighted by molar-refractivity contribution is -0.128. The minimum atomic E-state index is -0.348. The molecule has 96 valence electrons. The first-order chi connectivity index (χ1) is 8.08. The summed E-state index contributed by atoms with van der Waals surface area (Å²) < 4.78 is 0. The second-order valence-corrected chi connectivity index (χ2v) is 5.21. The zero-order chi connectivity index (χ0) is 12.4. The van der Waals surface area contributed by atoms with Crippen molar-refractivity contribution in [1.29, 1.82) is 0 Å². The van der Waals surface area contributed by atoms with Gasteiger partial charge >= 0.3 is 0 Å². The molecule has 0 saturated carbocycles. The molecule has 0 aromatic heterocycles. The van der Waals surface area contributed by atoms with Crippen LogP contribution in [-0.2, 0) is 9.59 Å². The van der Waals surface area contributed by atoms with Crippen LogP contribution >= 0.6 is 0 Å². The van der Waals surface area contributed by atoms with E-state index in [0.29, 0.717) is 19.0 Å². The van der Waals surface area contributed by atoms with Crippen molar-refractivity contribution in [2.24, 2.45) is 11.7 Å². The predicted molar refractivity (Wildman–Crippen MR) is 64.2 cm³/mol. The number of carbonyl (C=O) groups excluding carboxylic acids is 2. The Labute approximate surface area is 102 Å². The molecule has 0 radical (unpaired) electrons. The largest absolute Gasteiger partial charge is 0.369 e. The lowest BCUT2D eigenvalue weighted by Crippen LogP contribution is -2.33. The van der Waals surface area contributed by atoms with Crippen LogP contribution in [0, 0.1) is 5.92 Å². The van der Waals surface area contributed by atoms with Gasteiger partial charge in [0.2, 0.25) is 11.8 Å². The third-order valence-electron chi connectivity index (χ3n) is 4.02. The van der Waals surface area contributed by atoms with Crippen LogP contribution in [-0.4, -0.2) is 54.3 Å². The molecule has 0 bridgehead atoms. The van der Waals surface area contributed by atoms with Crippen molar-refractivity contribution in [2.45, 2.75) is 31.7 Å². The summed E-state index contributed by atoms with van der Waals surface area (Å²) in [6.07, 6.45) is 3.78. The molecule has 2 heterocycles. The highest BCUT2D eigenvalue weighted by atomic mass is 16.2. The van der Waals surface area contributed by atoms with Crippen molar-refractivity contribution in [1.82, 2.24) is 9.80 Å². The van der Waals surface area contributed by atoms with E-state index in [0.717, 1.165) is 19.5 Å². The molecule has 0 aromatic rings. The fourth-order valence-electron chi connectivity index (χ4n) is 2.83. The molecule has 2 N–H and O–H groups in total. The summed E-state index contributed by atoms with van der Waals surface area (Å²) in [6, 6.07) is 0.593. The molecule has 2 fully saturated rings. The monoisotopic (exact) mass is 239 g/mol. The van der Waals surface area contributed by atoms with E-state index in [1.807, 2.05) is 0 Å². The number of hydrogen-bond donors (Lipinski definition) is 1. The average Bonchev–Trinajstić information content (AvgIpc) is 2.82. The van der Waals surface area contributed by atoms with Gasteiger partial charge in [-0.05, 0) is 32.9 Å². The normalized spacial score (nSPS) is 30.2. The molecule has 5 nitrogen and oxygen atoms in total. The fourth-order valence-corrected chi connectivity index (χ4v) is 2.83. The highest BCUT2D eigenvalue weighted by Crippen LogP contribution is 2.21. The molecule has 2 rings (SSSR count). The molecular formula is C12H21N3O2. The Hall–Kier alpha value is -1.10. The standard InChI is InChI=1S/C12H21N3O2/c1-14-5-2-3-10(14)4-6-15-8-9(12(13)17)7-11(15)16/h9-10H,2-8H2,1H3,(H2,13,17). The SMILES string of the molecule is CN1CCCC1CCN1CC(C(N)=O)CC1=O. The van der Waals surface area contributed by atoms with Gasteiger partial charge in [0.15, 0.2) is 0 Å². The number of nitrogens with two attached hydrogens (primary N) is 1. The Balaban J connectivity index is 1.79. The van der Waals surface area contributed by atoms with Crippen LogP contribution in [0.2, 0.25) is 0 Å². The molecule has 0 aromatic carbocycles. The van der Waals surface area contributed by atoms with Crippen molar-refractivity contribution in [3.63, 3.8) is 0 Å². The van der Waals surface area contributed by atoms with Crippen molar-refractivity contribution in [3.05, 3.63) is 0 Å².